The molecule has 1 aromatic carbocycles. The standard InChI is InChI=1S/C13H14BrN3O/c14-12-9-16-6-5-13(12)17-7-8-18-11-3-1-10(15)2-4-11/h1-6,9H,7-8,15H2,(H,16,17). The number of halogens is 1. The zero-order valence-corrected chi connectivity index (χ0v) is 11.4. The van der Waals surface area contributed by atoms with Gasteiger partial charge in [0.05, 0.1) is 10.2 Å². The summed E-state index contributed by atoms with van der Waals surface area (Å²) in [5.74, 6) is 0.819. The lowest BCUT2D eigenvalue weighted by Gasteiger charge is -2.09. The van der Waals surface area contributed by atoms with Crippen LogP contribution in [0.2, 0.25) is 0 Å². The Labute approximate surface area is 114 Å². The van der Waals surface area contributed by atoms with Gasteiger partial charge < -0.3 is 15.8 Å². The van der Waals surface area contributed by atoms with Crippen molar-refractivity contribution in [3.05, 3.63) is 47.2 Å². The van der Waals surface area contributed by atoms with Gasteiger partial charge >= 0.3 is 0 Å². The molecule has 5 heteroatoms. The monoisotopic (exact) mass is 307 g/mol. The van der Waals surface area contributed by atoms with Crippen molar-refractivity contribution in [3.8, 4) is 5.75 Å². The highest BCUT2D eigenvalue weighted by Gasteiger charge is 1.98. The molecule has 0 saturated carbocycles. The summed E-state index contributed by atoms with van der Waals surface area (Å²) in [4.78, 5) is 4.00. The van der Waals surface area contributed by atoms with Crippen LogP contribution < -0.4 is 15.8 Å². The lowest BCUT2D eigenvalue weighted by molar-refractivity contribution is 0.333. The summed E-state index contributed by atoms with van der Waals surface area (Å²) in [5, 5.41) is 3.26. The minimum atomic E-state index is 0.582. The summed E-state index contributed by atoms with van der Waals surface area (Å²) >= 11 is 3.42. The summed E-state index contributed by atoms with van der Waals surface area (Å²) in [6.07, 6.45) is 3.50. The van der Waals surface area contributed by atoms with Crippen molar-refractivity contribution in [1.29, 1.82) is 0 Å². The first-order chi connectivity index (χ1) is 8.75. The molecule has 0 amide bonds. The number of nitrogen functional groups attached to an aromatic ring is 1. The molecule has 18 heavy (non-hydrogen) atoms. The van der Waals surface area contributed by atoms with E-state index in [1.807, 2.05) is 30.3 Å². The summed E-state index contributed by atoms with van der Waals surface area (Å²) < 4.78 is 6.52. The van der Waals surface area contributed by atoms with Crippen LogP contribution in [0.3, 0.4) is 0 Å². The van der Waals surface area contributed by atoms with Crippen molar-refractivity contribution in [2.75, 3.05) is 24.2 Å². The van der Waals surface area contributed by atoms with E-state index in [2.05, 4.69) is 26.2 Å². The first kappa shape index (κ1) is 12.7. The minimum Gasteiger partial charge on any atom is -0.492 e. The fourth-order valence-electron chi connectivity index (χ4n) is 1.44. The van der Waals surface area contributed by atoms with Crippen LogP contribution in [0, 0.1) is 0 Å². The average Bonchev–Trinajstić information content (AvgIpc) is 2.39. The number of nitrogens with two attached hydrogens (primary N) is 1. The predicted octanol–water partition coefficient (Wildman–Crippen LogP) is 2.92. The smallest absolute Gasteiger partial charge is 0.119 e. The number of nitrogens with one attached hydrogen (secondary N) is 1. The van der Waals surface area contributed by atoms with E-state index < -0.39 is 0 Å². The molecule has 3 N–H and O–H groups in total. The number of ether oxygens (including phenoxy) is 1. The van der Waals surface area contributed by atoms with Gasteiger partial charge in [-0.25, -0.2) is 0 Å². The average molecular weight is 308 g/mol. The first-order valence-corrected chi connectivity index (χ1v) is 6.37. The topological polar surface area (TPSA) is 60.2 Å². The van der Waals surface area contributed by atoms with Gasteiger partial charge in [-0.1, -0.05) is 0 Å². The second-order valence-corrected chi connectivity index (χ2v) is 4.55. The number of hydrogen-bond donors (Lipinski definition) is 2. The van der Waals surface area contributed by atoms with Gasteiger partial charge in [0.1, 0.15) is 12.4 Å². The highest BCUT2D eigenvalue weighted by molar-refractivity contribution is 9.10. The van der Waals surface area contributed by atoms with E-state index in [9.17, 15) is 0 Å². The molecule has 0 radical (unpaired) electrons. The number of benzene rings is 1. The Morgan fingerprint density at radius 2 is 2.00 bits per heavy atom. The van der Waals surface area contributed by atoms with Crippen molar-refractivity contribution < 1.29 is 4.74 Å². The minimum absolute atomic E-state index is 0.582. The van der Waals surface area contributed by atoms with E-state index >= 15 is 0 Å². The molecular formula is C13H14BrN3O. The second kappa shape index (κ2) is 6.26. The summed E-state index contributed by atoms with van der Waals surface area (Å²) in [7, 11) is 0. The first-order valence-electron chi connectivity index (χ1n) is 5.57. The summed E-state index contributed by atoms with van der Waals surface area (Å²) in [6.45, 7) is 1.30. The SMILES string of the molecule is Nc1ccc(OCCNc2ccncc2Br)cc1. The van der Waals surface area contributed by atoms with Gasteiger partial charge in [-0.3, -0.25) is 4.98 Å². The number of aromatic nitrogens is 1. The highest BCUT2D eigenvalue weighted by Crippen LogP contribution is 2.19. The van der Waals surface area contributed by atoms with Crippen LogP contribution in [0.25, 0.3) is 0 Å². The lowest BCUT2D eigenvalue weighted by Crippen LogP contribution is -2.11. The molecular weight excluding hydrogens is 294 g/mol. The van der Waals surface area contributed by atoms with E-state index in [0.717, 1.165) is 21.6 Å². The van der Waals surface area contributed by atoms with E-state index in [4.69, 9.17) is 10.5 Å². The van der Waals surface area contributed by atoms with Crippen LogP contribution in [0.1, 0.15) is 0 Å². The third-order valence-corrected chi connectivity index (χ3v) is 2.97. The zero-order valence-electron chi connectivity index (χ0n) is 9.77. The molecule has 0 aliphatic heterocycles. The normalized spacial score (nSPS) is 10.1. The van der Waals surface area contributed by atoms with Gasteiger partial charge in [-0.15, -0.1) is 0 Å². The molecule has 1 aromatic heterocycles. The third kappa shape index (κ3) is 3.63. The van der Waals surface area contributed by atoms with Gasteiger partial charge in [0.2, 0.25) is 0 Å². The fourth-order valence-corrected chi connectivity index (χ4v) is 1.83. The Kier molecular flexibility index (Phi) is 4.41. The zero-order chi connectivity index (χ0) is 12.8. The van der Waals surface area contributed by atoms with Crippen molar-refractivity contribution in [3.63, 3.8) is 0 Å². The van der Waals surface area contributed by atoms with Crippen LogP contribution in [0.15, 0.2) is 47.2 Å². The van der Waals surface area contributed by atoms with E-state index in [0.29, 0.717) is 13.2 Å². The molecule has 0 unspecified atom stereocenters. The Balaban J connectivity index is 1.76. The molecule has 0 aliphatic carbocycles. The number of anilines is 2. The number of hydrogen-bond acceptors (Lipinski definition) is 4. The van der Waals surface area contributed by atoms with Crippen molar-refractivity contribution in [1.82, 2.24) is 4.98 Å². The Hall–Kier alpha value is -1.75. The molecule has 0 atom stereocenters. The van der Waals surface area contributed by atoms with Crippen LogP contribution >= 0.6 is 15.9 Å². The van der Waals surface area contributed by atoms with Gasteiger partial charge in [0, 0.05) is 24.6 Å². The van der Waals surface area contributed by atoms with Crippen LogP contribution in [0.4, 0.5) is 11.4 Å². The quantitative estimate of drug-likeness (QED) is 0.658. The van der Waals surface area contributed by atoms with E-state index in [1.165, 1.54) is 0 Å². The number of nitrogens with zero attached hydrogens (tertiary/aromatic N) is 1. The Morgan fingerprint density at radius 1 is 1.22 bits per heavy atom. The molecule has 94 valence electrons. The van der Waals surface area contributed by atoms with Gasteiger partial charge in [-0.05, 0) is 46.3 Å². The molecule has 0 saturated heterocycles. The van der Waals surface area contributed by atoms with Crippen LogP contribution in [0.5, 0.6) is 5.75 Å². The summed E-state index contributed by atoms with van der Waals surface area (Å²) in [5.41, 5.74) is 7.34. The van der Waals surface area contributed by atoms with Gasteiger partial charge in [-0.2, -0.15) is 0 Å². The Bertz CT molecular complexity index is 502. The molecule has 0 bridgehead atoms. The predicted molar refractivity (Wildman–Crippen MR) is 76.8 cm³/mol. The lowest BCUT2D eigenvalue weighted by atomic mass is 10.3. The van der Waals surface area contributed by atoms with Gasteiger partial charge in [0.15, 0.2) is 0 Å². The molecule has 0 fully saturated rings. The molecule has 0 spiro atoms. The molecule has 1 heterocycles. The van der Waals surface area contributed by atoms with Crippen LogP contribution in [-0.2, 0) is 0 Å². The molecule has 2 rings (SSSR count). The van der Waals surface area contributed by atoms with Crippen LogP contribution in [-0.4, -0.2) is 18.1 Å². The molecule has 2 aromatic rings. The summed E-state index contributed by atoms with van der Waals surface area (Å²) in [6, 6.07) is 9.27. The third-order valence-electron chi connectivity index (χ3n) is 2.34. The molecule has 0 aliphatic rings. The Morgan fingerprint density at radius 3 is 2.72 bits per heavy atom. The highest BCUT2D eigenvalue weighted by atomic mass is 79.9. The number of rotatable bonds is 5. The van der Waals surface area contributed by atoms with E-state index in [1.54, 1.807) is 12.4 Å². The maximum atomic E-state index is 5.60. The maximum Gasteiger partial charge on any atom is 0.119 e. The number of pyridine rings is 1. The largest absolute Gasteiger partial charge is 0.492 e. The van der Waals surface area contributed by atoms with E-state index in [-0.39, 0.29) is 0 Å². The fraction of sp³-hybridized carbons (Fsp3) is 0.154. The van der Waals surface area contributed by atoms with Crippen molar-refractivity contribution in [2.24, 2.45) is 0 Å². The molecule has 4 nitrogen and oxygen atoms in total. The second-order valence-electron chi connectivity index (χ2n) is 3.70. The van der Waals surface area contributed by atoms with Gasteiger partial charge in [0.25, 0.3) is 0 Å². The van der Waals surface area contributed by atoms with Crippen molar-refractivity contribution in [2.45, 2.75) is 0 Å². The maximum absolute atomic E-state index is 5.60. The van der Waals surface area contributed by atoms with Crippen molar-refractivity contribution >= 4 is 27.3 Å².